The number of rotatable bonds is 9. The number of halogens is 2. The summed E-state index contributed by atoms with van der Waals surface area (Å²) in [6.45, 7) is 0.624. The van der Waals surface area contributed by atoms with Gasteiger partial charge in [-0.1, -0.05) is 24.3 Å². The van der Waals surface area contributed by atoms with Crippen molar-refractivity contribution in [3.05, 3.63) is 70.6 Å². The second-order valence-corrected chi connectivity index (χ2v) is 7.10. The van der Waals surface area contributed by atoms with Crippen LogP contribution in [-0.4, -0.2) is 47.3 Å². The highest BCUT2D eigenvalue weighted by atomic mass is 19.3. The number of alkyl halides is 2. The van der Waals surface area contributed by atoms with Gasteiger partial charge in [-0.15, -0.1) is 0 Å². The number of benzene rings is 1. The Morgan fingerprint density at radius 2 is 2.00 bits per heavy atom. The van der Waals surface area contributed by atoms with Crippen LogP contribution in [-0.2, 0) is 16.1 Å². The number of allylic oxidation sites excluding steroid dienone is 4. The summed E-state index contributed by atoms with van der Waals surface area (Å²) in [6.07, 6.45) is 0.145. The Bertz CT molecular complexity index is 928. The van der Waals surface area contributed by atoms with Gasteiger partial charge in [-0.2, -0.15) is 0 Å². The summed E-state index contributed by atoms with van der Waals surface area (Å²) in [5, 5.41) is 32.4. The fourth-order valence-corrected chi connectivity index (χ4v) is 2.76. The minimum absolute atomic E-state index is 0.00108. The summed E-state index contributed by atoms with van der Waals surface area (Å²) >= 11 is 0. The third-order valence-corrected chi connectivity index (χ3v) is 4.80. The van der Waals surface area contributed by atoms with E-state index in [2.05, 4.69) is 10.6 Å². The number of ether oxygens (including phenoxy) is 1. The molecule has 1 aromatic rings. The van der Waals surface area contributed by atoms with Crippen molar-refractivity contribution >= 4 is 11.6 Å². The molecule has 1 aromatic carbocycles. The lowest BCUT2D eigenvalue weighted by Gasteiger charge is -2.32. The Labute approximate surface area is 178 Å². The molecular weight excluding hydrogens is 410 g/mol. The van der Waals surface area contributed by atoms with Crippen LogP contribution >= 0.6 is 0 Å². The van der Waals surface area contributed by atoms with Crippen LogP contribution in [0.5, 0.6) is 0 Å². The van der Waals surface area contributed by atoms with Gasteiger partial charge in [-0.3, -0.25) is 4.79 Å². The summed E-state index contributed by atoms with van der Waals surface area (Å²) in [4.78, 5) is 12.7. The zero-order chi connectivity index (χ0) is 23.2. The van der Waals surface area contributed by atoms with Gasteiger partial charge in [0, 0.05) is 18.2 Å². The molecule has 0 aromatic heterocycles. The van der Waals surface area contributed by atoms with Crippen molar-refractivity contribution in [2.24, 2.45) is 5.73 Å². The van der Waals surface area contributed by atoms with Crippen LogP contribution in [0.3, 0.4) is 0 Å². The van der Waals surface area contributed by atoms with Crippen LogP contribution in [0.15, 0.2) is 59.5 Å². The highest BCUT2D eigenvalue weighted by Crippen LogP contribution is 2.25. The lowest BCUT2D eigenvalue weighted by Crippen LogP contribution is -2.61. The average molecular weight is 436 g/mol. The van der Waals surface area contributed by atoms with E-state index in [9.17, 15) is 23.8 Å². The van der Waals surface area contributed by atoms with E-state index in [0.29, 0.717) is 5.56 Å². The smallest absolute Gasteiger partial charge is 0.268 e. The van der Waals surface area contributed by atoms with Crippen molar-refractivity contribution in [1.29, 1.82) is 5.41 Å². The Morgan fingerprint density at radius 1 is 1.32 bits per heavy atom. The van der Waals surface area contributed by atoms with Gasteiger partial charge in [0.1, 0.15) is 24.3 Å². The van der Waals surface area contributed by atoms with E-state index in [4.69, 9.17) is 15.9 Å². The number of likely N-dealkylation sites (N-methyl/N-ethyl adjacent to an activating group) is 1. The number of nitrogens with one attached hydrogen (secondary N) is 3. The van der Waals surface area contributed by atoms with Gasteiger partial charge in [0.2, 0.25) is 0 Å². The Kier molecular flexibility index (Phi) is 8.03. The summed E-state index contributed by atoms with van der Waals surface area (Å²) < 4.78 is 31.9. The number of carbonyl (C=O) groups excluding carboxylic acids is 1. The predicted molar refractivity (Wildman–Crippen MR) is 111 cm³/mol. The van der Waals surface area contributed by atoms with Crippen LogP contribution < -0.4 is 16.4 Å². The minimum atomic E-state index is -2.64. The van der Waals surface area contributed by atoms with Gasteiger partial charge in [0.25, 0.3) is 12.3 Å². The lowest BCUT2D eigenvalue weighted by molar-refractivity contribution is -0.122. The fourth-order valence-electron chi connectivity index (χ4n) is 2.76. The number of nitrogens with two attached hydrogens (primary N) is 1. The first-order valence-electron chi connectivity index (χ1n) is 9.39. The Hall–Kier alpha value is -3.08. The summed E-state index contributed by atoms with van der Waals surface area (Å²) in [6, 6.07) is 6.00. The SMILES string of the molecule is CN/C(C(=O)NC(C)(CO)C(N)O)=C1/C=C(OCc2ccccc2C(F)F)C=CC1=N. The molecule has 2 atom stereocenters. The van der Waals surface area contributed by atoms with Crippen molar-refractivity contribution < 1.29 is 28.5 Å². The second kappa shape index (κ2) is 10.3. The van der Waals surface area contributed by atoms with Gasteiger partial charge >= 0.3 is 0 Å². The molecule has 7 N–H and O–H groups in total. The fraction of sp³-hybridized carbons (Fsp3) is 0.333. The normalized spacial score (nSPS) is 18.2. The molecule has 31 heavy (non-hydrogen) atoms. The highest BCUT2D eigenvalue weighted by molar-refractivity contribution is 6.14. The van der Waals surface area contributed by atoms with E-state index in [1.165, 1.54) is 50.4 Å². The van der Waals surface area contributed by atoms with Crippen LogP contribution in [0.25, 0.3) is 0 Å². The molecular formula is C21H26F2N4O4. The number of aliphatic hydroxyl groups excluding tert-OH is 2. The summed E-state index contributed by atoms with van der Waals surface area (Å²) in [5.41, 5.74) is 4.26. The molecule has 2 rings (SSSR count). The molecule has 1 amide bonds. The molecule has 10 heteroatoms. The molecule has 8 nitrogen and oxygen atoms in total. The van der Waals surface area contributed by atoms with E-state index in [1.54, 1.807) is 6.07 Å². The molecule has 0 radical (unpaired) electrons. The quantitative estimate of drug-likeness (QED) is 0.254. The van der Waals surface area contributed by atoms with Gasteiger partial charge < -0.3 is 36.7 Å². The van der Waals surface area contributed by atoms with Crippen molar-refractivity contribution in [2.75, 3.05) is 13.7 Å². The molecule has 0 saturated heterocycles. The third kappa shape index (κ3) is 5.75. The molecule has 2 unspecified atom stereocenters. The van der Waals surface area contributed by atoms with Gasteiger partial charge in [-0.25, -0.2) is 8.78 Å². The number of amides is 1. The zero-order valence-corrected chi connectivity index (χ0v) is 17.2. The molecule has 0 heterocycles. The van der Waals surface area contributed by atoms with Crippen molar-refractivity contribution in [1.82, 2.24) is 10.6 Å². The molecule has 0 bridgehead atoms. The largest absolute Gasteiger partial charge is 0.489 e. The molecule has 0 spiro atoms. The molecule has 1 aliphatic carbocycles. The first-order valence-corrected chi connectivity index (χ1v) is 9.39. The first kappa shape index (κ1) is 24.2. The molecule has 168 valence electrons. The van der Waals surface area contributed by atoms with E-state index in [-0.39, 0.29) is 34.9 Å². The number of carbonyl (C=O) groups is 1. The number of aliphatic hydroxyl groups is 2. The van der Waals surface area contributed by atoms with Crippen LogP contribution in [0.1, 0.15) is 24.5 Å². The van der Waals surface area contributed by atoms with Crippen molar-refractivity contribution in [2.45, 2.75) is 31.7 Å². The topological polar surface area (TPSA) is 141 Å². The monoisotopic (exact) mass is 436 g/mol. The lowest BCUT2D eigenvalue weighted by atomic mass is 9.98. The van der Waals surface area contributed by atoms with E-state index in [0.717, 1.165) is 0 Å². The van der Waals surface area contributed by atoms with Crippen LogP contribution in [0.4, 0.5) is 8.78 Å². The van der Waals surface area contributed by atoms with Gasteiger partial charge in [-0.05, 0) is 30.7 Å². The van der Waals surface area contributed by atoms with Crippen LogP contribution in [0, 0.1) is 5.41 Å². The second-order valence-electron chi connectivity index (χ2n) is 7.10. The molecule has 0 fully saturated rings. The van der Waals surface area contributed by atoms with E-state index >= 15 is 0 Å². The minimum Gasteiger partial charge on any atom is -0.489 e. The highest BCUT2D eigenvalue weighted by Gasteiger charge is 2.33. The summed E-state index contributed by atoms with van der Waals surface area (Å²) in [5.74, 6) is -0.448. The predicted octanol–water partition coefficient (Wildman–Crippen LogP) is 1.23. The molecule has 0 saturated carbocycles. The Balaban J connectivity index is 2.28. The van der Waals surface area contributed by atoms with E-state index in [1.807, 2.05) is 0 Å². The van der Waals surface area contributed by atoms with Crippen LogP contribution in [0.2, 0.25) is 0 Å². The zero-order valence-electron chi connectivity index (χ0n) is 17.2. The van der Waals surface area contributed by atoms with Gasteiger partial charge in [0.05, 0.1) is 17.9 Å². The average Bonchev–Trinajstić information content (AvgIpc) is 2.74. The maximum atomic E-state index is 13.2. The maximum absolute atomic E-state index is 13.2. The number of hydrogen-bond donors (Lipinski definition) is 6. The van der Waals surface area contributed by atoms with Crippen molar-refractivity contribution in [3.8, 4) is 0 Å². The van der Waals surface area contributed by atoms with E-state index < -0.39 is 30.7 Å². The Morgan fingerprint density at radius 3 is 2.58 bits per heavy atom. The number of hydrogen-bond acceptors (Lipinski definition) is 7. The third-order valence-electron chi connectivity index (χ3n) is 4.80. The summed E-state index contributed by atoms with van der Waals surface area (Å²) in [7, 11) is 1.47. The van der Waals surface area contributed by atoms with Gasteiger partial charge in [0.15, 0.2) is 0 Å². The van der Waals surface area contributed by atoms with Crippen molar-refractivity contribution in [3.63, 3.8) is 0 Å². The maximum Gasteiger partial charge on any atom is 0.268 e. The standard InChI is InChI=1S/C21H26F2N4O4/c1-21(11-28,20(25)30)27-19(29)17(26-2)15-9-13(7-8-16(15)24)31-10-12-5-3-4-6-14(12)18(22)23/h3-9,18,20,24,26,28,30H,10-11,25H2,1-2H3,(H,27,29)/b17-15-,24-16?. The molecule has 1 aliphatic rings. The first-order chi connectivity index (χ1) is 14.6. The molecule has 0 aliphatic heterocycles.